The molecule has 2 aliphatic rings. The summed E-state index contributed by atoms with van der Waals surface area (Å²) in [6.45, 7) is 4.20. The molecule has 0 fully saturated rings. The quantitative estimate of drug-likeness (QED) is 0.181. The summed E-state index contributed by atoms with van der Waals surface area (Å²) in [5.41, 5.74) is 18.2. The van der Waals surface area contributed by atoms with Crippen molar-refractivity contribution in [2.45, 2.75) is 39.5 Å². The number of aromatic nitrogens is 6. The molecule has 244 valence electrons. The average molecular weight is 692 g/mol. The van der Waals surface area contributed by atoms with Crippen LogP contribution in [-0.4, -0.2) is 29.2 Å². The molecule has 0 atom stereocenters. The van der Waals surface area contributed by atoms with E-state index in [2.05, 4.69) is 62.4 Å². The fourth-order valence-electron chi connectivity index (χ4n) is 7.44. The highest BCUT2D eigenvalue weighted by Gasteiger charge is 2.24. The van der Waals surface area contributed by atoms with E-state index >= 15 is 0 Å². The highest BCUT2D eigenvalue weighted by Crippen LogP contribution is 2.37. The molecule has 0 aliphatic heterocycles. The first kappa shape index (κ1) is 30.7. The standard InChI is InChI=1S/2C21H16ClN3/c2*1-13-17-11-8-14-4-2-3-5-18(14)21(17)25-20(23-13)12-19(24-25)15-6-9-16(22)10-7-15/h2*2-7,9-10,12H,8,11H2,1H3. The fraction of sp³-hybridized carbons (Fsp3) is 0.143. The molecular weight excluding hydrogens is 659 g/mol. The molecule has 4 aromatic heterocycles. The monoisotopic (exact) mass is 690 g/mol. The number of benzene rings is 4. The maximum Gasteiger partial charge on any atom is 0.156 e. The van der Waals surface area contributed by atoms with Crippen LogP contribution >= 0.6 is 23.2 Å². The third-order valence-electron chi connectivity index (χ3n) is 9.93. The molecule has 0 N–H and O–H groups in total. The summed E-state index contributed by atoms with van der Waals surface area (Å²) in [5.74, 6) is 0. The van der Waals surface area contributed by atoms with Crippen LogP contribution in [0, 0.1) is 13.8 Å². The molecule has 8 heteroatoms. The van der Waals surface area contributed by atoms with Crippen molar-refractivity contribution in [3.05, 3.63) is 153 Å². The van der Waals surface area contributed by atoms with Crippen molar-refractivity contribution in [2.24, 2.45) is 0 Å². The second-order valence-electron chi connectivity index (χ2n) is 13.0. The molecule has 6 nitrogen and oxygen atoms in total. The molecule has 0 amide bonds. The Labute approximate surface area is 300 Å². The largest absolute Gasteiger partial charge is 0.234 e. The normalized spacial score (nSPS) is 12.9. The van der Waals surface area contributed by atoms with Crippen molar-refractivity contribution in [3.8, 4) is 45.0 Å². The molecule has 50 heavy (non-hydrogen) atoms. The SMILES string of the molecule is Cc1nc2cc(-c3ccc(Cl)cc3)nn2c2c1CCc1ccccc1-2.Cc1nc2cc(-c3ccc(Cl)cc3)nn2c2c1CCc1ccccc1-2. The molecule has 0 saturated carbocycles. The first-order valence-corrected chi connectivity index (χ1v) is 17.6. The predicted octanol–water partition coefficient (Wildman–Crippen LogP) is 10.2. The minimum Gasteiger partial charge on any atom is -0.234 e. The molecule has 0 saturated heterocycles. The molecule has 4 heterocycles. The highest BCUT2D eigenvalue weighted by atomic mass is 35.5. The van der Waals surface area contributed by atoms with Gasteiger partial charge in [-0.15, -0.1) is 0 Å². The Bertz CT molecular complexity index is 2400. The predicted molar refractivity (Wildman–Crippen MR) is 202 cm³/mol. The van der Waals surface area contributed by atoms with Gasteiger partial charge in [0.15, 0.2) is 11.3 Å². The van der Waals surface area contributed by atoms with Gasteiger partial charge in [-0.1, -0.05) is 96.0 Å². The van der Waals surface area contributed by atoms with Gasteiger partial charge in [0.2, 0.25) is 0 Å². The van der Waals surface area contributed by atoms with E-state index in [1.165, 1.54) is 44.8 Å². The Hall–Kier alpha value is -5.30. The van der Waals surface area contributed by atoms with E-state index in [1.807, 2.05) is 69.7 Å². The van der Waals surface area contributed by atoms with Crippen molar-refractivity contribution in [2.75, 3.05) is 0 Å². The second kappa shape index (κ2) is 12.2. The molecule has 0 bridgehead atoms. The highest BCUT2D eigenvalue weighted by molar-refractivity contribution is 6.30. The second-order valence-corrected chi connectivity index (χ2v) is 13.8. The summed E-state index contributed by atoms with van der Waals surface area (Å²) >= 11 is 12.0. The number of halogens is 2. The summed E-state index contributed by atoms with van der Waals surface area (Å²) in [5, 5.41) is 11.2. The maximum absolute atomic E-state index is 6.01. The minimum absolute atomic E-state index is 0.729. The Morgan fingerprint density at radius 1 is 0.500 bits per heavy atom. The molecular formula is C42H32Cl2N6. The van der Waals surface area contributed by atoms with Gasteiger partial charge in [0, 0.05) is 66.9 Å². The van der Waals surface area contributed by atoms with Gasteiger partial charge in [0.05, 0.1) is 22.8 Å². The van der Waals surface area contributed by atoms with Gasteiger partial charge >= 0.3 is 0 Å². The molecule has 0 radical (unpaired) electrons. The van der Waals surface area contributed by atoms with Crippen LogP contribution in [0.4, 0.5) is 0 Å². The minimum atomic E-state index is 0.729. The van der Waals surface area contributed by atoms with E-state index in [-0.39, 0.29) is 0 Å². The van der Waals surface area contributed by atoms with Crippen LogP contribution < -0.4 is 0 Å². The van der Waals surface area contributed by atoms with Gasteiger partial charge in [-0.25, -0.2) is 19.0 Å². The molecule has 0 unspecified atom stereocenters. The van der Waals surface area contributed by atoms with Crippen LogP contribution in [0.2, 0.25) is 10.0 Å². The van der Waals surface area contributed by atoms with Crippen LogP contribution in [-0.2, 0) is 25.7 Å². The smallest absolute Gasteiger partial charge is 0.156 e. The fourth-order valence-corrected chi connectivity index (χ4v) is 7.69. The van der Waals surface area contributed by atoms with E-state index in [0.717, 1.165) is 80.9 Å². The number of fused-ring (bicyclic) bond motifs is 10. The van der Waals surface area contributed by atoms with E-state index < -0.39 is 0 Å². The zero-order chi connectivity index (χ0) is 33.9. The summed E-state index contributed by atoms with van der Waals surface area (Å²) in [6, 6.07) is 36.9. The topological polar surface area (TPSA) is 60.4 Å². The van der Waals surface area contributed by atoms with E-state index in [0.29, 0.717) is 0 Å². The number of aryl methyl sites for hydroxylation is 4. The maximum atomic E-state index is 6.01. The summed E-state index contributed by atoms with van der Waals surface area (Å²) < 4.78 is 4.01. The Balaban J connectivity index is 0.000000135. The molecule has 2 aliphatic carbocycles. The van der Waals surface area contributed by atoms with Crippen molar-refractivity contribution in [1.82, 2.24) is 29.2 Å². The van der Waals surface area contributed by atoms with Gasteiger partial charge in [0.25, 0.3) is 0 Å². The van der Waals surface area contributed by atoms with Crippen molar-refractivity contribution >= 4 is 34.5 Å². The van der Waals surface area contributed by atoms with E-state index in [1.54, 1.807) is 0 Å². The van der Waals surface area contributed by atoms with Gasteiger partial charge < -0.3 is 0 Å². The van der Waals surface area contributed by atoms with Crippen molar-refractivity contribution < 1.29 is 0 Å². The van der Waals surface area contributed by atoms with Crippen LogP contribution in [0.1, 0.15) is 33.6 Å². The summed E-state index contributed by atoms with van der Waals surface area (Å²) in [6.07, 6.45) is 4.14. The van der Waals surface area contributed by atoms with Crippen LogP contribution in [0.15, 0.2) is 109 Å². The van der Waals surface area contributed by atoms with Crippen molar-refractivity contribution in [1.29, 1.82) is 0 Å². The lowest BCUT2D eigenvalue weighted by Gasteiger charge is -2.21. The molecule has 0 spiro atoms. The Morgan fingerprint density at radius 2 is 0.900 bits per heavy atom. The van der Waals surface area contributed by atoms with Gasteiger partial charge in [0.1, 0.15) is 0 Å². The zero-order valence-electron chi connectivity index (χ0n) is 27.7. The number of nitrogens with zero attached hydrogens (tertiary/aromatic N) is 6. The van der Waals surface area contributed by atoms with Gasteiger partial charge in [-0.2, -0.15) is 10.2 Å². The third-order valence-corrected chi connectivity index (χ3v) is 10.4. The van der Waals surface area contributed by atoms with Crippen LogP contribution in [0.3, 0.4) is 0 Å². The lowest BCUT2D eigenvalue weighted by molar-refractivity contribution is 0.850. The van der Waals surface area contributed by atoms with E-state index in [9.17, 15) is 0 Å². The first-order valence-electron chi connectivity index (χ1n) is 16.9. The van der Waals surface area contributed by atoms with Crippen molar-refractivity contribution in [3.63, 3.8) is 0 Å². The first-order chi connectivity index (χ1) is 24.4. The Morgan fingerprint density at radius 3 is 1.32 bits per heavy atom. The lowest BCUT2D eigenvalue weighted by Crippen LogP contribution is -2.12. The zero-order valence-corrected chi connectivity index (χ0v) is 29.2. The number of rotatable bonds is 2. The summed E-state index contributed by atoms with van der Waals surface area (Å²) in [7, 11) is 0. The van der Waals surface area contributed by atoms with Gasteiger partial charge in [-0.05, 0) is 74.9 Å². The average Bonchev–Trinajstić information content (AvgIpc) is 3.77. The molecule has 8 aromatic rings. The Kier molecular flexibility index (Phi) is 7.52. The number of hydrogen-bond donors (Lipinski definition) is 0. The molecule has 4 aromatic carbocycles. The van der Waals surface area contributed by atoms with E-state index in [4.69, 9.17) is 43.4 Å². The summed E-state index contributed by atoms with van der Waals surface area (Å²) in [4.78, 5) is 9.60. The van der Waals surface area contributed by atoms with Gasteiger partial charge in [-0.3, -0.25) is 0 Å². The third kappa shape index (κ3) is 5.27. The van der Waals surface area contributed by atoms with Crippen LogP contribution in [0.25, 0.3) is 56.3 Å². The van der Waals surface area contributed by atoms with Crippen LogP contribution in [0.5, 0.6) is 0 Å². The molecule has 10 rings (SSSR count). The number of hydrogen-bond acceptors (Lipinski definition) is 4. The lowest BCUT2D eigenvalue weighted by atomic mass is 9.88.